The lowest BCUT2D eigenvalue weighted by Gasteiger charge is -2.46. The molecule has 208 valence electrons. The average molecular weight is 538 g/mol. The van der Waals surface area contributed by atoms with Gasteiger partial charge in [-0.3, -0.25) is 14.5 Å². The molecule has 1 aromatic carbocycles. The molecule has 2 aliphatic rings. The first-order chi connectivity index (χ1) is 18.8. The first-order valence-corrected chi connectivity index (χ1v) is 13.3. The summed E-state index contributed by atoms with van der Waals surface area (Å²) in [6, 6.07) is 2.33. The zero-order valence-electron chi connectivity index (χ0n) is 23.2. The summed E-state index contributed by atoms with van der Waals surface area (Å²) in [5, 5.41) is 5.65. The number of nitrogens with zero attached hydrogens (tertiary/aromatic N) is 5. The number of methoxy groups -OCH3 is 1. The van der Waals surface area contributed by atoms with Crippen LogP contribution in [-0.4, -0.2) is 79.1 Å². The summed E-state index contributed by atoms with van der Waals surface area (Å²) in [6.45, 7) is 8.50. The monoisotopic (exact) mass is 537 g/mol. The fourth-order valence-corrected chi connectivity index (χ4v) is 5.18. The maximum absolute atomic E-state index is 14.9. The van der Waals surface area contributed by atoms with Gasteiger partial charge in [0.05, 0.1) is 31.1 Å². The van der Waals surface area contributed by atoms with Gasteiger partial charge < -0.3 is 25.2 Å². The van der Waals surface area contributed by atoms with Gasteiger partial charge in [-0.1, -0.05) is 12.8 Å². The number of rotatable bonds is 8. The van der Waals surface area contributed by atoms with E-state index in [1.165, 1.54) is 19.2 Å². The summed E-state index contributed by atoms with van der Waals surface area (Å²) < 4.78 is 20.3. The van der Waals surface area contributed by atoms with Crippen LogP contribution < -0.4 is 25.2 Å². The highest BCUT2D eigenvalue weighted by Gasteiger charge is 2.41. The molecular formula is C28H36FN7O3. The van der Waals surface area contributed by atoms with E-state index in [9.17, 15) is 14.0 Å². The van der Waals surface area contributed by atoms with Crippen molar-refractivity contribution in [2.75, 3.05) is 55.5 Å². The number of anilines is 4. The third kappa shape index (κ3) is 5.76. The second-order valence-corrected chi connectivity index (χ2v) is 9.58. The molecule has 11 heteroatoms. The van der Waals surface area contributed by atoms with Crippen molar-refractivity contribution in [2.24, 2.45) is 0 Å². The summed E-state index contributed by atoms with van der Waals surface area (Å²) in [5.74, 6) is 6.05. The molecule has 2 N–H and O–H groups in total. The Bertz CT molecular complexity index is 1280. The van der Waals surface area contributed by atoms with Gasteiger partial charge in [0.15, 0.2) is 5.82 Å². The summed E-state index contributed by atoms with van der Waals surface area (Å²) in [7, 11) is 3.18. The summed E-state index contributed by atoms with van der Waals surface area (Å²) in [4.78, 5) is 40.9. The highest BCUT2D eigenvalue weighted by Crippen LogP contribution is 2.39. The normalized spacial score (nSPS) is 17.8. The molecule has 4 rings (SSSR count). The predicted octanol–water partition coefficient (Wildman–Crippen LogP) is 3.17. The fourth-order valence-electron chi connectivity index (χ4n) is 5.18. The van der Waals surface area contributed by atoms with E-state index in [0.717, 1.165) is 32.5 Å². The van der Waals surface area contributed by atoms with E-state index in [4.69, 9.17) is 9.72 Å². The number of halogens is 1. The second-order valence-electron chi connectivity index (χ2n) is 9.58. The van der Waals surface area contributed by atoms with Gasteiger partial charge in [-0.2, -0.15) is 4.98 Å². The molecule has 2 aliphatic heterocycles. The van der Waals surface area contributed by atoms with Crippen molar-refractivity contribution in [3.8, 4) is 17.6 Å². The number of carbonyl (C=O) groups is 2. The molecular weight excluding hydrogens is 501 g/mol. The van der Waals surface area contributed by atoms with Gasteiger partial charge in [-0.05, 0) is 39.2 Å². The maximum Gasteiger partial charge on any atom is 0.254 e. The van der Waals surface area contributed by atoms with E-state index in [-0.39, 0.29) is 40.9 Å². The zero-order chi connectivity index (χ0) is 28.1. The van der Waals surface area contributed by atoms with Crippen molar-refractivity contribution in [1.82, 2.24) is 20.2 Å². The first-order valence-electron chi connectivity index (χ1n) is 13.3. The Hall–Kier alpha value is -3.91. The Morgan fingerprint density at radius 3 is 2.64 bits per heavy atom. The van der Waals surface area contributed by atoms with Gasteiger partial charge >= 0.3 is 0 Å². The van der Waals surface area contributed by atoms with Crippen LogP contribution in [0, 0.1) is 17.7 Å². The highest BCUT2D eigenvalue weighted by molar-refractivity contribution is 6.04. The molecule has 10 nitrogen and oxygen atoms in total. The average Bonchev–Trinajstić information content (AvgIpc) is 2.94. The number of aromatic nitrogens is 2. The Labute approximate surface area is 228 Å². The van der Waals surface area contributed by atoms with Crippen LogP contribution in [0.2, 0.25) is 0 Å². The van der Waals surface area contributed by atoms with Crippen molar-refractivity contribution in [1.29, 1.82) is 0 Å². The maximum atomic E-state index is 14.9. The lowest BCUT2D eigenvalue weighted by atomic mass is 9.97. The largest absolute Gasteiger partial charge is 0.495 e. The number of benzene rings is 1. The quantitative estimate of drug-likeness (QED) is 0.495. The number of ether oxygens (including phenoxy) is 1. The van der Waals surface area contributed by atoms with Gasteiger partial charge in [0, 0.05) is 38.8 Å². The minimum absolute atomic E-state index is 0.0123. The Morgan fingerprint density at radius 1 is 1.26 bits per heavy atom. The number of likely N-dealkylation sites (N-methyl/N-ethyl adjacent to an activating group) is 1. The van der Waals surface area contributed by atoms with Gasteiger partial charge in [0.1, 0.15) is 23.3 Å². The van der Waals surface area contributed by atoms with Crippen LogP contribution >= 0.6 is 0 Å². The number of piperidine rings is 1. The van der Waals surface area contributed by atoms with Crippen molar-refractivity contribution < 1.29 is 18.7 Å². The van der Waals surface area contributed by atoms with Gasteiger partial charge in [0.25, 0.3) is 5.91 Å². The third-order valence-corrected chi connectivity index (χ3v) is 7.24. The van der Waals surface area contributed by atoms with Crippen molar-refractivity contribution in [3.63, 3.8) is 0 Å². The number of nitrogens with one attached hydrogen (secondary N) is 2. The Morgan fingerprint density at radius 2 is 2.00 bits per heavy atom. The molecule has 39 heavy (non-hydrogen) atoms. The van der Waals surface area contributed by atoms with E-state index < -0.39 is 11.7 Å². The minimum atomic E-state index is -0.695. The number of fused-ring (bicyclic) bond motifs is 1. The van der Waals surface area contributed by atoms with Gasteiger partial charge in [-0.25, -0.2) is 9.37 Å². The zero-order valence-corrected chi connectivity index (χ0v) is 23.2. The molecule has 1 atom stereocenters. The third-order valence-electron chi connectivity index (χ3n) is 7.24. The number of likely N-dealkylation sites (tertiary alicyclic amines) is 1. The van der Waals surface area contributed by atoms with Crippen molar-refractivity contribution in [2.45, 2.75) is 52.1 Å². The molecule has 0 bridgehead atoms. The lowest BCUT2D eigenvalue weighted by Crippen LogP contribution is -2.58. The highest BCUT2D eigenvalue weighted by atomic mass is 19.1. The van der Waals surface area contributed by atoms with Crippen LogP contribution in [0.3, 0.4) is 0 Å². The van der Waals surface area contributed by atoms with E-state index in [2.05, 4.69) is 37.3 Å². The van der Waals surface area contributed by atoms with E-state index in [0.29, 0.717) is 24.5 Å². The Kier molecular flexibility index (Phi) is 8.86. The van der Waals surface area contributed by atoms with Crippen LogP contribution in [0.1, 0.15) is 50.4 Å². The summed E-state index contributed by atoms with van der Waals surface area (Å²) in [6.07, 6.45) is 4.01. The standard InChI is InChI=1S/C28H36FN7O3/c1-6-9-12-35-13-10-18(11-14-35)36-22(7-2)27(38)34(4)23-17-31-28(33-25(23)36)32-21-16-20(29)19(15-24(21)39-5)26(37)30-8-3/h15-18,22H,7-8,10-14H2,1-5H3,(H,30,37)(H,31,32,33)/t22-/m1/s1. The second kappa shape index (κ2) is 12.3. The smallest absolute Gasteiger partial charge is 0.254 e. The molecule has 1 fully saturated rings. The number of hydrogen-bond donors (Lipinski definition) is 2. The lowest BCUT2D eigenvalue weighted by molar-refractivity contribution is -0.120. The van der Waals surface area contributed by atoms with Crippen LogP contribution in [0.25, 0.3) is 0 Å². The first kappa shape index (κ1) is 28.1. The number of carbonyl (C=O) groups excluding carboxylic acids is 2. The van der Waals surface area contributed by atoms with E-state index in [1.54, 1.807) is 25.1 Å². The topological polar surface area (TPSA) is 103 Å². The molecule has 2 amide bonds. The minimum Gasteiger partial charge on any atom is -0.495 e. The predicted molar refractivity (Wildman–Crippen MR) is 149 cm³/mol. The van der Waals surface area contributed by atoms with Gasteiger partial charge in [-0.15, -0.1) is 5.92 Å². The molecule has 0 saturated carbocycles. The van der Waals surface area contributed by atoms with Crippen LogP contribution in [0.15, 0.2) is 18.3 Å². The SMILES string of the molecule is CC#CCN1CCC(N2c3nc(Nc4cc(F)c(C(=O)NCC)cc4OC)ncc3N(C)C(=O)[C@H]2CC)CC1. The molecule has 0 aliphatic carbocycles. The van der Waals surface area contributed by atoms with Crippen molar-refractivity contribution in [3.05, 3.63) is 29.7 Å². The van der Waals surface area contributed by atoms with Crippen LogP contribution in [0.5, 0.6) is 5.75 Å². The van der Waals surface area contributed by atoms with Crippen LogP contribution in [-0.2, 0) is 4.79 Å². The van der Waals surface area contributed by atoms with Crippen molar-refractivity contribution >= 4 is 35.0 Å². The Balaban J connectivity index is 1.66. The molecule has 3 heterocycles. The van der Waals surface area contributed by atoms with E-state index >= 15 is 0 Å². The fraction of sp³-hybridized carbons (Fsp3) is 0.500. The summed E-state index contributed by atoms with van der Waals surface area (Å²) in [5.41, 5.74) is 0.797. The molecule has 0 unspecified atom stereocenters. The van der Waals surface area contributed by atoms with E-state index in [1.807, 2.05) is 13.8 Å². The molecule has 0 radical (unpaired) electrons. The molecule has 1 aromatic heterocycles. The molecule has 2 aromatic rings. The number of hydrogen-bond acceptors (Lipinski definition) is 8. The van der Waals surface area contributed by atoms with Crippen LogP contribution in [0.4, 0.5) is 27.5 Å². The molecule has 0 spiro atoms. The van der Waals surface area contributed by atoms with Gasteiger partial charge in [0.2, 0.25) is 11.9 Å². The molecule has 1 saturated heterocycles. The summed E-state index contributed by atoms with van der Waals surface area (Å²) >= 11 is 0. The number of amides is 2.